The van der Waals surface area contributed by atoms with Crippen molar-refractivity contribution in [2.24, 2.45) is 5.73 Å². The van der Waals surface area contributed by atoms with E-state index in [2.05, 4.69) is 0 Å². The maximum absolute atomic E-state index is 13.1. The molecular weight excluding hydrogens is 248 g/mol. The first-order valence-corrected chi connectivity index (χ1v) is 5.76. The molecule has 0 saturated carbocycles. The molecule has 98 valence electrons. The molecule has 0 radical (unpaired) electrons. The Labute approximate surface area is 109 Å². The van der Waals surface area contributed by atoms with Gasteiger partial charge in [0.2, 0.25) is 0 Å². The van der Waals surface area contributed by atoms with Crippen molar-refractivity contribution in [2.75, 3.05) is 0 Å². The number of carbonyl (C=O) groups is 1. The van der Waals surface area contributed by atoms with Crippen LogP contribution in [-0.4, -0.2) is 5.78 Å². The van der Waals surface area contributed by atoms with E-state index in [1.807, 2.05) is 0 Å². The average Bonchev–Trinajstić information content (AvgIpc) is 2.37. The Morgan fingerprint density at radius 3 is 2.11 bits per heavy atom. The van der Waals surface area contributed by atoms with Crippen LogP contribution in [0.2, 0.25) is 0 Å². The maximum atomic E-state index is 13.1. The lowest BCUT2D eigenvalue weighted by molar-refractivity contribution is 0.0899. The molecule has 4 heteroatoms. The minimum atomic E-state index is -1.33. The summed E-state index contributed by atoms with van der Waals surface area (Å²) in [5.41, 5.74) is 5.20. The smallest absolute Gasteiger partial charge is 0.187 e. The summed E-state index contributed by atoms with van der Waals surface area (Å²) in [6.07, 6.45) is 0. The predicted molar refractivity (Wildman–Crippen MR) is 68.7 cm³/mol. The summed E-state index contributed by atoms with van der Waals surface area (Å²) >= 11 is 0. The Bertz CT molecular complexity index is 589. The molecule has 2 aromatic rings. The van der Waals surface area contributed by atoms with E-state index in [0.29, 0.717) is 11.6 Å². The van der Waals surface area contributed by atoms with E-state index in [1.165, 1.54) is 6.92 Å². The number of halogens is 2. The summed E-state index contributed by atoms with van der Waals surface area (Å²) in [7, 11) is 0. The summed E-state index contributed by atoms with van der Waals surface area (Å²) in [5, 5.41) is 0. The highest BCUT2D eigenvalue weighted by Crippen LogP contribution is 2.23. The fraction of sp³-hybridized carbons (Fsp3) is 0.133. The van der Waals surface area contributed by atoms with Crippen LogP contribution in [0.3, 0.4) is 0 Å². The topological polar surface area (TPSA) is 43.1 Å². The third-order valence-corrected chi connectivity index (χ3v) is 2.97. The van der Waals surface area contributed by atoms with Gasteiger partial charge in [-0.2, -0.15) is 0 Å². The molecule has 2 N–H and O–H groups in total. The molecule has 2 nitrogen and oxygen atoms in total. The first kappa shape index (κ1) is 13.4. The third kappa shape index (κ3) is 2.69. The molecule has 0 heterocycles. The van der Waals surface area contributed by atoms with E-state index in [1.54, 1.807) is 30.3 Å². The molecule has 0 fully saturated rings. The Kier molecular flexibility index (Phi) is 3.44. The third-order valence-electron chi connectivity index (χ3n) is 2.97. The van der Waals surface area contributed by atoms with Crippen LogP contribution in [0.15, 0.2) is 48.5 Å². The van der Waals surface area contributed by atoms with Crippen molar-refractivity contribution in [3.63, 3.8) is 0 Å². The highest BCUT2D eigenvalue weighted by Gasteiger charge is 2.31. The van der Waals surface area contributed by atoms with Crippen LogP contribution in [0.25, 0.3) is 0 Å². The van der Waals surface area contributed by atoms with Crippen molar-refractivity contribution in [1.29, 1.82) is 0 Å². The summed E-state index contributed by atoms with van der Waals surface area (Å²) in [4.78, 5) is 12.3. The van der Waals surface area contributed by atoms with Gasteiger partial charge in [-0.15, -0.1) is 0 Å². The van der Waals surface area contributed by atoms with Crippen LogP contribution in [0, 0.1) is 11.6 Å². The zero-order chi connectivity index (χ0) is 14.0. The van der Waals surface area contributed by atoms with Gasteiger partial charge in [0.05, 0.1) is 0 Å². The van der Waals surface area contributed by atoms with Crippen molar-refractivity contribution in [1.82, 2.24) is 0 Å². The Morgan fingerprint density at radius 1 is 1.05 bits per heavy atom. The van der Waals surface area contributed by atoms with Crippen LogP contribution in [0.1, 0.15) is 22.8 Å². The highest BCUT2D eigenvalue weighted by atomic mass is 19.1. The standard InChI is InChI=1S/C15H13F2NO/c1-15(18,11-5-3-2-4-6-11)14(19)10-7-12(16)9-13(17)8-10/h2-9H,18H2,1H3. The first-order valence-electron chi connectivity index (χ1n) is 5.76. The second-order valence-corrected chi connectivity index (χ2v) is 4.56. The number of Topliss-reactive ketones (excluding diaryl/α,β-unsaturated/α-hetero) is 1. The minimum absolute atomic E-state index is 0.0775. The lowest BCUT2D eigenvalue weighted by Crippen LogP contribution is -2.41. The lowest BCUT2D eigenvalue weighted by Gasteiger charge is -2.23. The number of carbonyl (C=O) groups excluding carboxylic acids is 1. The Balaban J connectivity index is 2.43. The molecule has 2 aromatic carbocycles. The van der Waals surface area contributed by atoms with Gasteiger partial charge in [-0.3, -0.25) is 4.79 Å². The number of rotatable bonds is 3. The van der Waals surface area contributed by atoms with E-state index < -0.39 is 23.0 Å². The molecule has 19 heavy (non-hydrogen) atoms. The Hall–Kier alpha value is -2.07. The van der Waals surface area contributed by atoms with E-state index in [0.717, 1.165) is 12.1 Å². The average molecular weight is 261 g/mol. The quantitative estimate of drug-likeness (QED) is 0.863. The Morgan fingerprint density at radius 2 is 1.58 bits per heavy atom. The highest BCUT2D eigenvalue weighted by molar-refractivity contribution is 6.03. The second-order valence-electron chi connectivity index (χ2n) is 4.56. The van der Waals surface area contributed by atoms with Gasteiger partial charge < -0.3 is 5.73 Å². The lowest BCUT2D eigenvalue weighted by atomic mass is 9.85. The molecule has 1 atom stereocenters. The van der Waals surface area contributed by atoms with Crippen LogP contribution in [0.5, 0.6) is 0 Å². The number of hydrogen-bond donors (Lipinski definition) is 1. The largest absolute Gasteiger partial charge is 0.315 e. The van der Waals surface area contributed by atoms with E-state index in [9.17, 15) is 13.6 Å². The maximum Gasteiger partial charge on any atom is 0.187 e. The normalized spacial score (nSPS) is 13.9. The second kappa shape index (κ2) is 4.90. The van der Waals surface area contributed by atoms with Gasteiger partial charge in [-0.05, 0) is 24.6 Å². The van der Waals surface area contributed by atoms with Crippen LogP contribution in [0.4, 0.5) is 8.78 Å². The first-order chi connectivity index (χ1) is 8.91. The molecule has 0 bridgehead atoms. The molecule has 0 aliphatic carbocycles. The number of ketones is 1. The molecule has 0 aromatic heterocycles. The van der Waals surface area contributed by atoms with Gasteiger partial charge in [0.15, 0.2) is 5.78 Å². The molecule has 0 saturated heterocycles. The molecule has 0 amide bonds. The van der Waals surface area contributed by atoms with Gasteiger partial charge in [-0.25, -0.2) is 8.78 Å². The fourth-order valence-electron chi connectivity index (χ4n) is 1.90. The van der Waals surface area contributed by atoms with Crippen LogP contribution >= 0.6 is 0 Å². The van der Waals surface area contributed by atoms with Crippen molar-refractivity contribution < 1.29 is 13.6 Å². The van der Waals surface area contributed by atoms with Crippen LogP contribution in [-0.2, 0) is 5.54 Å². The predicted octanol–water partition coefficient (Wildman–Crippen LogP) is 3.02. The van der Waals surface area contributed by atoms with Crippen molar-refractivity contribution in [3.05, 3.63) is 71.3 Å². The van der Waals surface area contributed by atoms with Crippen molar-refractivity contribution in [2.45, 2.75) is 12.5 Å². The van der Waals surface area contributed by atoms with Crippen molar-refractivity contribution >= 4 is 5.78 Å². The van der Waals surface area contributed by atoms with E-state index in [-0.39, 0.29) is 5.56 Å². The van der Waals surface area contributed by atoms with Crippen molar-refractivity contribution in [3.8, 4) is 0 Å². The number of nitrogens with two attached hydrogens (primary N) is 1. The molecule has 1 unspecified atom stereocenters. The van der Waals surface area contributed by atoms with E-state index >= 15 is 0 Å². The molecule has 0 spiro atoms. The molecular formula is C15H13F2NO. The monoisotopic (exact) mass is 261 g/mol. The molecule has 0 aliphatic rings. The summed E-state index contributed by atoms with van der Waals surface area (Å²) < 4.78 is 26.3. The minimum Gasteiger partial charge on any atom is -0.315 e. The van der Waals surface area contributed by atoms with Gasteiger partial charge in [-0.1, -0.05) is 30.3 Å². The molecule has 0 aliphatic heterocycles. The molecule has 2 rings (SSSR count). The van der Waals surface area contributed by atoms with Gasteiger partial charge >= 0.3 is 0 Å². The summed E-state index contributed by atoms with van der Waals surface area (Å²) in [6, 6.07) is 11.4. The summed E-state index contributed by atoms with van der Waals surface area (Å²) in [5.74, 6) is -2.13. The fourth-order valence-corrected chi connectivity index (χ4v) is 1.90. The number of benzene rings is 2. The number of hydrogen-bond acceptors (Lipinski definition) is 2. The summed E-state index contributed by atoms with van der Waals surface area (Å²) in [6.45, 7) is 1.52. The van der Waals surface area contributed by atoms with Gasteiger partial charge in [0, 0.05) is 11.6 Å². The van der Waals surface area contributed by atoms with Gasteiger partial charge in [0.1, 0.15) is 17.2 Å². The van der Waals surface area contributed by atoms with Crippen LogP contribution < -0.4 is 5.73 Å². The van der Waals surface area contributed by atoms with E-state index in [4.69, 9.17) is 5.73 Å². The van der Waals surface area contributed by atoms with Gasteiger partial charge in [0.25, 0.3) is 0 Å². The zero-order valence-corrected chi connectivity index (χ0v) is 10.4. The SMILES string of the molecule is CC(N)(C(=O)c1cc(F)cc(F)c1)c1ccccc1. The zero-order valence-electron chi connectivity index (χ0n) is 10.4.